The molecule has 1 aromatic carbocycles. The Morgan fingerprint density at radius 1 is 1.31 bits per heavy atom. The predicted octanol–water partition coefficient (Wildman–Crippen LogP) is 0.991. The number of carbonyl (C=O) groups excluding carboxylic acids is 1. The Morgan fingerprint density at radius 2 is 1.94 bits per heavy atom. The van der Waals surface area contributed by atoms with Gasteiger partial charge in [-0.2, -0.15) is 0 Å². The number of aromatic carboxylic acids is 1. The van der Waals surface area contributed by atoms with Crippen molar-refractivity contribution in [2.24, 2.45) is 0 Å². The van der Waals surface area contributed by atoms with Crippen molar-refractivity contribution >= 4 is 17.6 Å². The maximum absolute atomic E-state index is 11.5. The van der Waals surface area contributed by atoms with Gasteiger partial charge in [0, 0.05) is 13.1 Å². The number of hydrogen-bond acceptors (Lipinski definition) is 4. The molecule has 0 amide bonds. The molecule has 0 spiro atoms. The zero-order chi connectivity index (χ0) is 11.7. The number of para-hydroxylation sites is 1. The minimum absolute atomic E-state index is 0.139. The van der Waals surface area contributed by atoms with E-state index in [-0.39, 0.29) is 5.56 Å². The van der Waals surface area contributed by atoms with Crippen molar-refractivity contribution < 1.29 is 19.4 Å². The number of nitrogens with zero attached hydrogens (tertiary/aromatic N) is 1. The minimum atomic E-state index is -1.03. The molecular formula is C11H11NO4. The second-order valence-corrected chi connectivity index (χ2v) is 3.49. The Bertz CT molecular complexity index is 451. The Kier molecular flexibility index (Phi) is 2.52. The van der Waals surface area contributed by atoms with Gasteiger partial charge in [0.2, 0.25) is 0 Å². The van der Waals surface area contributed by atoms with Crippen LogP contribution in [0.1, 0.15) is 20.7 Å². The molecule has 5 nitrogen and oxygen atoms in total. The number of methoxy groups -OCH3 is 1. The lowest BCUT2D eigenvalue weighted by molar-refractivity contribution is 0.0601. The molecule has 0 saturated carbocycles. The molecule has 1 fully saturated rings. The smallest absolute Gasteiger partial charge is 0.339 e. The van der Waals surface area contributed by atoms with Crippen molar-refractivity contribution in [1.29, 1.82) is 0 Å². The van der Waals surface area contributed by atoms with E-state index in [0.717, 1.165) is 13.1 Å². The number of esters is 1. The van der Waals surface area contributed by atoms with Crippen LogP contribution in [0.5, 0.6) is 0 Å². The van der Waals surface area contributed by atoms with Gasteiger partial charge in [0.1, 0.15) is 0 Å². The molecule has 0 atom stereocenters. The van der Waals surface area contributed by atoms with E-state index >= 15 is 0 Å². The molecular weight excluding hydrogens is 210 g/mol. The first-order valence-electron chi connectivity index (χ1n) is 4.84. The lowest BCUT2D eigenvalue weighted by Crippen LogP contribution is -2.11. The van der Waals surface area contributed by atoms with E-state index < -0.39 is 11.9 Å². The summed E-state index contributed by atoms with van der Waals surface area (Å²) in [6, 6.07) is 4.61. The molecule has 0 radical (unpaired) electrons. The molecule has 0 aliphatic carbocycles. The Labute approximate surface area is 92.2 Å². The van der Waals surface area contributed by atoms with E-state index in [1.807, 2.05) is 4.90 Å². The van der Waals surface area contributed by atoms with Crippen LogP contribution in [0.4, 0.5) is 5.69 Å². The third kappa shape index (κ3) is 1.71. The molecule has 1 aliphatic rings. The number of hydrogen-bond donors (Lipinski definition) is 1. The van der Waals surface area contributed by atoms with Crippen molar-refractivity contribution in [3.05, 3.63) is 29.3 Å². The summed E-state index contributed by atoms with van der Waals surface area (Å²) >= 11 is 0. The van der Waals surface area contributed by atoms with Gasteiger partial charge in [-0.05, 0) is 12.1 Å². The fourth-order valence-electron chi connectivity index (χ4n) is 1.61. The van der Waals surface area contributed by atoms with Crippen LogP contribution in [0.2, 0.25) is 0 Å². The zero-order valence-corrected chi connectivity index (χ0v) is 8.77. The molecule has 1 N–H and O–H groups in total. The summed E-state index contributed by atoms with van der Waals surface area (Å²) < 4.78 is 4.63. The highest BCUT2D eigenvalue weighted by molar-refractivity contribution is 6.04. The van der Waals surface area contributed by atoms with Gasteiger partial charge >= 0.3 is 11.9 Å². The molecule has 2 rings (SSSR count). The summed E-state index contributed by atoms with van der Waals surface area (Å²) in [7, 11) is 1.28. The summed E-state index contributed by atoms with van der Waals surface area (Å²) in [5.41, 5.74) is 0.905. The predicted molar refractivity (Wildman–Crippen MR) is 57.0 cm³/mol. The number of rotatable bonds is 3. The lowest BCUT2D eigenvalue weighted by Gasteiger charge is -2.11. The molecule has 0 aromatic heterocycles. The second-order valence-electron chi connectivity index (χ2n) is 3.49. The van der Waals surface area contributed by atoms with Crippen LogP contribution >= 0.6 is 0 Å². The van der Waals surface area contributed by atoms with Gasteiger partial charge in [-0.15, -0.1) is 0 Å². The molecule has 84 valence electrons. The average molecular weight is 221 g/mol. The standard InChI is InChI=1S/C11H11NO4/c1-16-11(15)8-4-2-3-7(10(13)14)9(8)12-5-6-12/h2-4H,5-6H2,1H3,(H,13,14). The third-order valence-corrected chi connectivity index (χ3v) is 2.44. The number of carboxylic acid groups (broad SMARTS) is 1. The van der Waals surface area contributed by atoms with E-state index in [4.69, 9.17) is 5.11 Å². The van der Waals surface area contributed by atoms with Crippen molar-refractivity contribution in [1.82, 2.24) is 0 Å². The Balaban J connectivity index is 2.55. The van der Waals surface area contributed by atoms with Crippen LogP contribution in [-0.2, 0) is 4.74 Å². The maximum Gasteiger partial charge on any atom is 0.339 e. The van der Waals surface area contributed by atoms with Gasteiger partial charge in [0.25, 0.3) is 0 Å². The molecule has 1 aromatic rings. The van der Waals surface area contributed by atoms with Gasteiger partial charge < -0.3 is 14.7 Å². The fourth-order valence-corrected chi connectivity index (χ4v) is 1.61. The molecule has 0 bridgehead atoms. The van der Waals surface area contributed by atoms with Gasteiger partial charge in [-0.25, -0.2) is 9.59 Å². The summed E-state index contributed by atoms with van der Waals surface area (Å²) in [5, 5.41) is 9.04. The molecule has 5 heteroatoms. The number of benzene rings is 1. The van der Waals surface area contributed by atoms with Crippen molar-refractivity contribution in [2.45, 2.75) is 0 Å². The third-order valence-electron chi connectivity index (χ3n) is 2.44. The topological polar surface area (TPSA) is 66.6 Å². The van der Waals surface area contributed by atoms with Crippen molar-refractivity contribution in [2.75, 3.05) is 25.1 Å². The van der Waals surface area contributed by atoms with E-state index in [1.54, 1.807) is 12.1 Å². The maximum atomic E-state index is 11.5. The first-order valence-corrected chi connectivity index (χ1v) is 4.84. The van der Waals surface area contributed by atoms with Crippen LogP contribution in [-0.4, -0.2) is 37.2 Å². The van der Waals surface area contributed by atoms with Gasteiger partial charge in [-0.1, -0.05) is 6.07 Å². The number of carboxylic acids is 1. The number of carbonyl (C=O) groups is 2. The van der Waals surface area contributed by atoms with Crippen molar-refractivity contribution in [3.8, 4) is 0 Å². The van der Waals surface area contributed by atoms with Gasteiger partial charge in [-0.3, -0.25) is 0 Å². The summed E-state index contributed by atoms with van der Waals surface area (Å²) in [6.07, 6.45) is 0. The average Bonchev–Trinajstić information content (AvgIpc) is 3.10. The molecule has 1 saturated heterocycles. The van der Waals surface area contributed by atoms with Gasteiger partial charge in [0.15, 0.2) is 0 Å². The number of ether oxygens (including phenoxy) is 1. The molecule has 16 heavy (non-hydrogen) atoms. The van der Waals surface area contributed by atoms with Crippen LogP contribution in [0.15, 0.2) is 18.2 Å². The van der Waals surface area contributed by atoms with Crippen LogP contribution in [0.25, 0.3) is 0 Å². The van der Waals surface area contributed by atoms with Gasteiger partial charge in [0.05, 0.1) is 23.9 Å². The molecule has 1 aliphatic heterocycles. The Morgan fingerprint density at radius 3 is 2.44 bits per heavy atom. The largest absolute Gasteiger partial charge is 0.478 e. The normalized spacial score (nSPS) is 13.4. The highest BCUT2D eigenvalue weighted by Crippen LogP contribution is 2.30. The van der Waals surface area contributed by atoms with E-state index in [0.29, 0.717) is 11.3 Å². The van der Waals surface area contributed by atoms with E-state index in [1.165, 1.54) is 13.2 Å². The van der Waals surface area contributed by atoms with Crippen LogP contribution < -0.4 is 4.90 Å². The summed E-state index contributed by atoms with van der Waals surface area (Å²) in [5.74, 6) is -1.54. The summed E-state index contributed by atoms with van der Waals surface area (Å²) in [6.45, 7) is 1.54. The SMILES string of the molecule is COC(=O)c1cccc(C(=O)O)c1N1CC1. The second kappa shape index (κ2) is 3.84. The highest BCUT2D eigenvalue weighted by atomic mass is 16.5. The van der Waals surface area contributed by atoms with Crippen molar-refractivity contribution in [3.63, 3.8) is 0 Å². The fraction of sp³-hybridized carbons (Fsp3) is 0.273. The van der Waals surface area contributed by atoms with E-state index in [9.17, 15) is 9.59 Å². The number of anilines is 1. The first kappa shape index (κ1) is 10.5. The first-order chi connectivity index (χ1) is 7.65. The quantitative estimate of drug-likeness (QED) is 0.609. The molecule has 1 heterocycles. The van der Waals surface area contributed by atoms with Crippen LogP contribution in [0.3, 0.4) is 0 Å². The Hall–Kier alpha value is -2.04. The lowest BCUT2D eigenvalue weighted by atomic mass is 10.1. The van der Waals surface area contributed by atoms with Crippen LogP contribution in [0, 0.1) is 0 Å². The highest BCUT2D eigenvalue weighted by Gasteiger charge is 2.29. The zero-order valence-electron chi connectivity index (χ0n) is 8.77. The molecule has 0 unspecified atom stereocenters. The minimum Gasteiger partial charge on any atom is -0.478 e. The monoisotopic (exact) mass is 221 g/mol. The summed E-state index contributed by atoms with van der Waals surface area (Å²) in [4.78, 5) is 24.4. The van der Waals surface area contributed by atoms with E-state index in [2.05, 4.69) is 4.74 Å².